The van der Waals surface area contributed by atoms with E-state index in [9.17, 15) is 8.42 Å². The molecule has 0 aliphatic rings. The fourth-order valence-corrected chi connectivity index (χ4v) is 5.30. The third-order valence-electron chi connectivity index (χ3n) is 4.46. The van der Waals surface area contributed by atoms with Crippen molar-refractivity contribution in [2.24, 2.45) is 11.8 Å². The fraction of sp³-hybridized carbons (Fsp3) is 1.00. The monoisotopic (exact) mass is 262 g/mol. The Kier molecular flexibility index (Phi) is 7.38. The first kappa shape index (κ1) is 16.9. The molecule has 0 bridgehead atoms. The molecule has 0 aromatic rings. The van der Waals surface area contributed by atoms with Gasteiger partial charge in [0, 0.05) is 0 Å². The van der Waals surface area contributed by atoms with Crippen LogP contribution in [0.3, 0.4) is 0 Å². The van der Waals surface area contributed by atoms with Gasteiger partial charge < -0.3 is 0 Å². The third kappa shape index (κ3) is 3.97. The highest BCUT2D eigenvalue weighted by Gasteiger charge is 2.35. The summed E-state index contributed by atoms with van der Waals surface area (Å²) in [7, 11) is -2.99. The van der Waals surface area contributed by atoms with Crippen molar-refractivity contribution in [3.8, 4) is 0 Å². The summed E-state index contributed by atoms with van der Waals surface area (Å²) in [6.07, 6.45) is 3.80. The molecule has 17 heavy (non-hydrogen) atoms. The molecule has 2 atom stereocenters. The molecular weight excluding hydrogens is 232 g/mol. The number of hydrogen-bond donors (Lipinski definition) is 0. The Morgan fingerprint density at radius 2 is 0.941 bits per heavy atom. The van der Waals surface area contributed by atoms with Crippen molar-refractivity contribution >= 4 is 9.84 Å². The summed E-state index contributed by atoms with van der Waals surface area (Å²) in [6, 6.07) is 0. The maximum absolute atomic E-state index is 12.5. The Morgan fingerprint density at radius 3 is 1.12 bits per heavy atom. The average molecular weight is 262 g/mol. The van der Waals surface area contributed by atoms with Crippen LogP contribution in [0.1, 0.15) is 67.2 Å². The topological polar surface area (TPSA) is 34.1 Å². The van der Waals surface area contributed by atoms with E-state index in [2.05, 4.69) is 27.7 Å². The molecule has 0 aliphatic carbocycles. The predicted octanol–water partition coefficient (Wildman–Crippen LogP) is 4.05. The predicted molar refractivity (Wildman–Crippen MR) is 76.0 cm³/mol. The molecule has 0 amide bonds. The van der Waals surface area contributed by atoms with Crippen molar-refractivity contribution < 1.29 is 8.42 Å². The van der Waals surface area contributed by atoms with E-state index in [1.807, 2.05) is 13.8 Å². The Hall–Kier alpha value is -0.0500. The van der Waals surface area contributed by atoms with Crippen molar-refractivity contribution in [3.05, 3.63) is 0 Å². The molecule has 0 fully saturated rings. The fourth-order valence-electron chi connectivity index (χ4n) is 2.78. The molecule has 0 rings (SSSR count). The standard InChI is InChI=1S/C14H30O2S/c1-7-13(8-2)11(5)17(15,16)12(6)14(9-3)10-4/h11-14H,7-10H2,1-6H3. The van der Waals surface area contributed by atoms with E-state index in [0.717, 1.165) is 25.7 Å². The van der Waals surface area contributed by atoms with E-state index < -0.39 is 9.84 Å². The zero-order chi connectivity index (χ0) is 13.6. The lowest BCUT2D eigenvalue weighted by Crippen LogP contribution is -2.37. The van der Waals surface area contributed by atoms with E-state index in [1.54, 1.807) is 0 Å². The van der Waals surface area contributed by atoms with E-state index in [0.29, 0.717) is 11.8 Å². The quantitative estimate of drug-likeness (QED) is 0.661. The zero-order valence-electron chi connectivity index (χ0n) is 12.4. The molecule has 0 aliphatic heterocycles. The summed E-state index contributed by atoms with van der Waals surface area (Å²) in [5.74, 6) is 0.605. The first-order valence-corrected chi connectivity index (χ1v) is 8.70. The first-order chi connectivity index (χ1) is 7.86. The molecule has 104 valence electrons. The molecule has 2 unspecified atom stereocenters. The van der Waals surface area contributed by atoms with Crippen LogP contribution in [-0.2, 0) is 9.84 Å². The second-order valence-electron chi connectivity index (χ2n) is 5.15. The molecule has 2 nitrogen and oxygen atoms in total. The minimum absolute atomic E-state index is 0.201. The number of sulfone groups is 1. The van der Waals surface area contributed by atoms with Crippen molar-refractivity contribution in [3.63, 3.8) is 0 Å². The minimum atomic E-state index is -2.99. The molecule has 0 saturated heterocycles. The van der Waals surface area contributed by atoms with Gasteiger partial charge in [0.2, 0.25) is 0 Å². The van der Waals surface area contributed by atoms with Crippen LogP contribution >= 0.6 is 0 Å². The summed E-state index contributed by atoms with van der Waals surface area (Å²) in [4.78, 5) is 0. The van der Waals surface area contributed by atoms with Gasteiger partial charge in [-0.3, -0.25) is 0 Å². The summed E-state index contributed by atoms with van der Waals surface area (Å²) < 4.78 is 25.1. The summed E-state index contributed by atoms with van der Waals surface area (Å²) in [6.45, 7) is 12.1. The molecule has 0 radical (unpaired) electrons. The van der Waals surface area contributed by atoms with Gasteiger partial charge in [0.15, 0.2) is 9.84 Å². The first-order valence-electron chi connectivity index (χ1n) is 7.09. The lowest BCUT2D eigenvalue weighted by Gasteiger charge is -2.28. The van der Waals surface area contributed by atoms with Crippen LogP contribution in [0, 0.1) is 11.8 Å². The van der Waals surface area contributed by atoms with Gasteiger partial charge in [-0.05, 0) is 25.7 Å². The zero-order valence-corrected chi connectivity index (χ0v) is 13.2. The maximum atomic E-state index is 12.5. The van der Waals surface area contributed by atoms with Gasteiger partial charge in [-0.2, -0.15) is 0 Å². The lowest BCUT2D eigenvalue weighted by molar-refractivity contribution is 0.429. The second-order valence-corrected chi connectivity index (χ2v) is 7.82. The van der Waals surface area contributed by atoms with Crippen molar-refractivity contribution in [2.75, 3.05) is 0 Å². The van der Waals surface area contributed by atoms with E-state index in [4.69, 9.17) is 0 Å². The molecule has 0 spiro atoms. The molecule has 0 heterocycles. The molecule has 0 aromatic carbocycles. The van der Waals surface area contributed by atoms with Crippen molar-refractivity contribution in [1.82, 2.24) is 0 Å². The molecule has 0 saturated carbocycles. The number of hydrogen-bond acceptors (Lipinski definition) is 2. The van der Waals surface area contributed by atoms with Crippen molar-refractivity contribution in [1.29, 1.82) is 0 Å². The van der Waals surface area contributed by atoms with Crippen LogP contribution < -0.4 is 0 Å². The Labute approximate surface area is 108 Å². The Bertz CT molecular complexity index is 263. The maximum Gasteiger partial charge on any atom is 0.156 e. The molecule has 3 heteroatoms. The van der Waals surface area contributed by atoms with Crippen LogP contribution in [0.5, 0.6) is 0 Å². The Balaban J connectivity index is 4.99. The van der Waals surface area contributed by atoms with Crippen LogP contribution in [0.4, 0.5) is 0 Å². The highest BCUT2D eigenvalue weighted by molar-refractivity contribution is 7.92. The van der Waals surface area contributed by atoms with Crippen LogP contribution in [-0.4, -0.2) is 18.9 Å². The van der Waals surface area contributed by atoms with Crippen LogP contribution in [0.2, 0.25) is 0 Å². The summed E-state index contributed by atoms with van der Waals surface area (Å²) >= 11 is 0. The largest absolute Gasteiger partial charge is 0.228 e. The van der Waals surface area contributed by atoms with E-state index >= 15 is 0 Å². The van der Waals surface area contributed by atoms with Gasteiger partial charge >= 0.3 is 0 Å². The van der Waals surface area contributed by atoms with Gasteiger partial charge in [0.1, 0.15) is 0 Å². The molecule has 0 N–H and O–H groups in total. The molecule has 0 aromatic heterocycles. The smallest absolute Gasteiger partial charge is 0.156 e. The second kappa shape index (κ2) is 7.40. The van der Waals surface area contributed by atoms with Gasteiger partial charge in [-0.25, -0.2) is 8.42 Å². The molecular formula is C14H30O2S. The van der Waals surface area contributed by atoms with Gasteiger partial charge in [-0.15, -0.1) is 0 Å². The normalized spacial score (nSPS) is 16.5. The van der Waals surface area contributed by atoms with Gasteiger partial charge in [-0.1, -0.05) is 53.4 Å². The Morgan fingerprint density at radius 1 is 0.706 bits per heavy atom. The van der Waals surface area contributed by atoms with Crippen LogP contribution in [0.25, 0.3) is 0 Å². The minimum Gasteiger partial charge on any atom is -0.228 e. The summed E-state index contributed by atoms with van der Waals surface area (Å²) in [5.41, 5.74) is 0. The van der Waals surface area contributed by atoms with Crippen LogP contribution in [0.15, 0.2) is 0 Å². The highest BCUT2D eigenvalue weighted by atomic mass is 32.2. The summed E-state index contributed by atoms with van der Waals surface area (Å²) in [5, 5.41) is -0.402. The van der Waals surface area contributed by atoms with E-state index in [-0.39, 0.29) is 10.5 Å². The highest BCUT2D eigenvalue weighted by Crippen LogP contribution is 2.28. The van der Waals surface area contributed by atoms with E-state index in [1.165, 1.54) is 0 Å². The lowest BCUT2D eigenvalue weighted by atomic mass is 10.00. The van der Waals surface area contributed by atoms with Gasteiger partial charge in [0.25, 0.3) is 0 Å². The SMILES string of the molecule is CCC(CC)C(C)S(=O)(=O)C(C)C(CC)CC. The average Bonchev–Trinajstić information content (AvgIpc) is 2.31. The van der Waals surface area contributed by atoms with Gasteiger partial charge in [0.05, 0.1) is 10.5 Å². The number of rotatable bonds is 8. The van der Waals surface area contributed by atoms with Crippen molar-refractivity contribution in [2.45, 2.75) is 77.7 Å². The third-order valence-corrected chi connectivity index (χ3v) is 7.30.